The van der Waals surface area contributed by atoms with Crippen LogP contribution in [0.15, 0.2) is 18.2 Å². The minimum absolute atomic E-state index is 0. The fourth-order valence-corrected chi connectivity index (χ4v) is 5.60. The first-order valence-electron chi connectivity index (χ1n) is 8.91. The molecular formula is C20H26O5. The van der Waals surface area contributed by atoms with Crippen LogP contribution in [0.3, 0.4) is 0 Å². The Balaban J connectivity index is 0.00000182. The van der Waals surface area contributed by atoms with Crippen molar-refractivity contribution in [2.45, 2.75) is 51.0 Å². The Kier molecular flexibility index (Phi) is 4.62. The van der Waals surface area contributed by atoms with E-state index in [2.05, 4.69) is 0 Å². The van der Waals surface area contributed by atoms with E-state index in [0.717, 1.165) is 37.0 Å². The third kappa shape index (κ3) is 3.06. The van der Waals surface area contributed by atoms with Crippen molar-refractivity contribution >= 4 is 11.9 Å². The van der Waals surface area contributed by atoms with E-state index in [1.165, 1.54) is 26.4 Å². The van der Waals surface area contributed by atoms with Crippen LogP contribution >= 0.6 is 0 Å². The highest BCUT2D eigenvalue weighted by Crippen LogP contribution is 2.57. The van der Waals surface area contributed by atoms with E-state index >= 15 is 0 Å². The summed E-state index contributed by atoms with van der Waals surface area (Å²) in [6.45, 7) is 1.78. The summed E-state index contributed by atoms with van der Waals surface area (Å²) >= 11 is 0. The van der Waals surface area contributed by atoms with Gasteiger partial charge < -0.3 is 14.9 Å². The number of carbonyl (C=O) groups excluding carboxylic acids is 2. The van der Waals surface area contributed by atoms with Crippen LogP contribution in [0, 0.1) is 24.7 Å². The quantitative estimate of drug-likeness (QED) is 0.787. The highest BCUT2D eigenvalue weighted by atomic mass is 16.6. The third-order valence-electron chi connectivity index (χ3n) is 6.25. The number of rotatable bonds is 3. The molecule has 0 unspecified atom stereocenters. The van der Waals surface area contributed by atoms with Crippen molar-refractivity contribution in [3.05, 3.63) is 34.9 Å². The molecule has 0 atom stereocenters. The summed E-state index contributed by atoms with van der Waals surface area (Å²) in [6.07, 6.45) is 6.98. The van der Waals surface area contributed by atoms with E-state index in [0.29, 0.717) is 16.7 Å². The molecule has 4 aliphatic rings. The number of hydrogen-bond acceptors (Lipinski definition) is 4. The van der Waals surface area contributed by atoms with Crippen LogP contribution in [-0.4, -0.2) is 30.1 Å². The summed E-state index contributed by atoms with van der Waals surface area (Å²) in [4.78, 5) is 24.7. The van der Waals surface area contributed by atoms with Crippen molar-refractivity contribution in [3.8, 4) is 0 Å². The van der Waals surface area contributed by atoms with Gasteiger partial charge in [-0.1, -0.05) is 6.07 Å². The van der Waals surface area contributed by atoms with Crippen molar-refractivity contribution in [1.82, 2.24) is 0 Å². The lowest BCUT2D eigenvalue weighted by Gasteiger charge is -2.55. The first-order chi connectivity index (χ1) is 11.5. The molecule has 0 radical (unpaired) electrons. The van der Waals surface area contributed by atoms with E-state index in [-0.39, 0.29) is 17.0 Å². The van der Waals surface area contributed by atoms with Gasteiger partial charge in [0.2, 0.25) is 0 Å². The largest absolute Gasteiger partial charge is 0.465 e. The fraction of sp³-hybridized carbons (Fsp3) is 0.600. The third-order valence-corrected chi connectivity index (χ3v) is 6.25. The zero-order valence-electron chi connectivity index (χ0n) is 14.8. The molecule has 1 aromatic rings. The molecule has 5 nitrogen and oxygen atoms in total. The number of hydrogen-bond donors (Lipinski definition) is 0. The SMILES string of the molecule is COC(=O)c1cccc(C(=O)OC23CC4CC(CC(C4)C2)C3)c1C.O. The topological polar surface area (TPSA) is 84.1 Å². The highest BCUT2D eigenvalue weighted by molar-refractivity contribution is 5.98. The first kappa shape index (κ1) is 17.9. The van der Waals surface area contributed by atoms with Gasteiger partial charge in [-0.3, -0.25) is 0 Å². The van der Waals surface area contributed by atoms with Gasteiger partial charge in [0.25, 0.3) is 0 Å². The van der Waals surface area contributed by atoms with Gasteiger partial charge in [0, 0.05) is 0 Å². The van der Waals surface area contributed by atoms with Gasteiger partial charge in [0.1, 0.15) is 5.60 Å². The predicted molar refractivity (Wildman–Crippen MR) is 92.5 cm³/mol. The summed E-state index contributed by atoms with van der Waals surface area (Å²) in [5.41, 5.74) is 1.28. The Bertz CT molecular complexity index is 658. The lowest BCUT2D eigenvalue weighted by atomic mass is 9.54. The Morgan fingerprint density at radius 1 is 0.960 bits per heavy atom. The molecule has 5 heteroatoms. The molecule has 2 N–H and O–H groups in total. The van der Waals surface area contributed by atoms with Gasteiger partial charge in [-0.2, -0.15) is 0 Å². The maximum atomic E-state index is 12.8. The maximum Gasteiger partial charge on any atom is 0.338 e. The molecular weight excluding hydrogens is 320 g/mol. The number of esters is 2. The van der Waals surface area contributed by atoms with Crippen LogP contribution in [-0.2, 0) is 9.47 Å². The van der Waals surface area contributed by atoms with E-state index in [1.807, 2.05) is 0 Å². The molecule has 0 saturated heterocycles. The van der Waals surface area contributed by atoms with Gasteiger partial charge in [-0.15, -0.1) is 0 Å². The summed E-state index contributed by atoms with van der Waals surface area (Å²) in [7, 11) is 1.35. The van der Waals surface area contributed by atoms with Crippen molar-refractivity contribution < 1.29 is 24.5 Å². The van der Waals surface area contributed by atoms with Gasteiger partial charge in [-0.05, 0) is 80.9 Å². The van der Waals surface area contributed by atoms with Crippen LogP contribution in [0.1, 0.15) is 64.8 Å². The zero-order valence-corrected chi connectivity index (χ0v) is 14.8. The molecule has 4 fully saturated rings. The minimum Gasteiger partial charge on any atom is -0.465 e. The summed E-state index contributed by atoms with van der Waals surface area (Å²) in [5, 5.41) is 0. The number of ether oxygens (including phenoxy) is 2. The zero-order chi connectivity index (χ0) is 16.9. The highest BCUT2D eigenvalue weighted by Gasteiger charge is 2.53. The molecule has 136 valence electrons. The second kappa shape index (κ2) is 6.45. The molecule has 0 heterocycles. The predicted octanol–water partition coefficient (Wildman–Crippen LogP) is 3.08. The first-order valence-corrected chi connectivity index (χ1v) is 8.91. The van der Waals surface area contributed by atoms with Gasteiger partial charge in [0.15, 0.2) is 0 Å². The molecule has 1 aromatic carbocycles. The second-order valence-corrected chi connectivity index (χ2v) is 7.96. The average molecular weight is 346 g/mol. The van der Waals surface area contributed by atoms with Crippen molar-refractivity contribution in [1.29, 1.82) is 0 Å². The van der Waals surface area contributed by atoms with Crippen LogP contribution in [0.25, 0.3) is 0 Å². The smallest absolute Gasteiger partial charge is 0.338 e. The molecule has 4 saturated carbocycles. The standard InChI is InChI=1S/C20H24O4.H2O/c1-12-16(18(21)23-2)4-3-5-17(12)19(22)24-20-9-13-6-14(10-20)8-15(7-13)11-20;/h3-5,13-15H,6-11H2,1-2H3;1H2. The number of carbonyl (C=O) groups is 2. The fourth-order valence-electron chi connectivity index (χ4n) is 5.60. The van der Waals surface area contributed by atoms with E-state index in [9.17, 15) is 9.59 Å². The molecule has 4 bridgehead atoms. The van der Waals surface area contributed by atoms with E-state index < -0.39 is 5.97 Å². The molecule has 0 aromatic heterocycles. The number of methoxy groups -OCH3 is 1. The molecule has 0 aliphatic heterocycles. The lowest BCUT2D eigenvalue weighted by molar-refractivity contribution is -0.131. The molecule has 5 rings (SSSR count). The minimum atomic E-state index is -0.419. The molecule has 0 amide bonds. The maximum absolute atomic E-state index is 12.8. The lowest BCUT2D eigenvalue weighted by Crippen LogP contribution is -2.52. The monoisotopic (exact) mass is 346 g/mol. The van der Waals surface area contributed by atoms with E-state index in [1.54, 1.807) is 25.1 Å². The normalized spacial score (nSPS) is 32.0. The molecule has 4 aliphatic carbocycles. The van der Waals surface area contributed by atoms with Crippen LogP contribution < -0.4 is 0 Å². The summed E-state index contributed by atoms with van der Waals surface area (Å²) in [6, 6.07) is 5.14. The van der Waals surface area contributed by atoms with Crippen molar-refractivity contribution in [3.63, 3.8) is 0 Å². The van der Waals surface area contributed by atoms with Gasteiger partial charge in [-0.25, -0.2) is 9.59 Å². The Labute approximate surface area is 148 Å². The Hall–Kier alpha value is -1.88. The summed E-state index contributed by atoms with van der Waals surface area (Å²) in [5.74, 6) is 1.47. The van der Waals surface area contributed by atoms with Gasteiger partial charge in [0.05, 0.1) is 18.2 Å². The Morgan fingerprint density at radius 2 is 1.44 bits per heavy atom. The van der Waals surface area contributed by atoms with Crippen molar-refractivity contribution in [2.75, 3.05) is 7.11 Å². The second-order valence-electron chi connectivity index (χ2n) is 7.96. The van der Waals surface area contributed by atoms with Crippen LogP contribution in [0.2, 0.25) is 0 Å². The molecule has 0 spiro atoms. The van der Waals surface area contributed by atoms with Crippen molar-refractivity contribution in [2.24, 2.45) is 17.8 Å². The van der Waals surface area contributed by atoms with E-state index in [4.69, 9.17) is 9.47 Å². The molecule has 25 heavy (non-hydrogen) atoms. The summed E-state index contributed by atoms with van der Waals surface area (Å²) < 4.78 is 10.9. The number of benzene rings is 1. The van der Waals surface area contributed by atoms with Crippen LogP contribution in [0.4, 0.5) is 0 Å². The average Bonchev–Trinajstić information content (AvgIpc) is 2.52. The van der Waals surface area contributed by atoms with Crippen LogP contribution in [0.5, 0.6) is 0 Å². The Morgan fingerprint density at radius 3 is 1.92 bits per heavy atom. The van der Waals surface area contributed by atoms with Gasteiger partial charge >= 0.3 is 11.9 Å².